The molecule has 168 valence electrons. The van der Waals surface area contributed by atoms with Gasteiger partial charge in [0.15, 0.2) is 0 Å². The van der Waals surface area contributed by atoms with Gasteiger partial charge in [-0.25, -0.2) is 8.42 Å². The number of hydrogen-bond acceptors (Lipinski definition) is 5. The molecule has 0 spiro atoms. The van der Waals surface area contributed by atoms with Crippen LogP contribution in [-0.4, -0.2) is 74.5 Å². The number of carbonyl (C=O) groups excluding carboxylic acids is 1. The lowest BCUT2D eigenvalue weighted by Gasteiger charge is -2.33. The van der Waals surface area contributed by atoms with Crippen LogP contribution in [0.2, 0.25) is 0 Å². The third-order valence-corrected chi connectivity index (χ3v) is 7.48. The fraction of sp³-hybridized carbons (Fsp3) is 0.435. The molecule has 2 aromatic rings. The second-order valence-electron chi connectivity index (χ2n) is 7.79. The van der Waals surface area contributed by atoms with Crippen molar-refractivity contribution in [2.24, 2.45) is 0 Å². The van der Waals surface area contributed by atoms with Crippen LogP contribution in [0.25, 0.3) is 0 Å². The molecule has 2 aromatic carbocycles. The monoisotopic (exact) mass is 445 g/mol. The molecule has 1 heterocycles. The molecule has 1 aliphatic heterocycles. The number of amides is 1. The molecule has 8 heteroatoms. The quantitative estimate of drug-likeness (QED) is 0.624. The summed E-state index contributed by atoms with van der Waals surface area (Å²) in [4.78, 5) is 16.8. The number of rotatable bonds is 8. The van der Waals surface area contributed by atoms with Gasteiger partial charge in [-0.1, -0.05) is 24.3 Å². The van der Waals surface area contributed by atoms with Gasteiger partial charge in [0.05, 0.1) is 12.9 Å². The molecule has 7 nitrogen and oxygen atoms in total. The lowest BCUT2D eigenvalue weighted by Crippen LogP contribution is -2.48. The van der Waals surface area contributed by atoms with Crippen molar-refractivity contribution in [2.45, 2.75) is 20.0 Å². The summed E-state index contributed by atoms with van der Waals surface area (Å²) in [6, 6.07) is 15.4. The van der Waals surface area contributed by atoms with E-state index < -0.39 is 10.0 Å². The van der Waals surface area contributed by atoms with Gasteiger partial charge in [-0.05, 0) is 42.3 Å². The van der Waals surface area contributed by atoms with E-state index in [4.69, 9.17) is 4.74 Å². The van der Waals surface area contributed by atoms with E-state index >= 15 is 0 Å². The molecular formula is C23H31N3O4S. The lowest BCUT2D eigenvalue weighted by molar-refractivity contribution is 0.0785. The number of hydrogen-bond donors (Lipinski definition) is 0. The number of benzene rings is 2. The average Bonchev–Trinajstić information content (AvgIpc) is 2.79. The van der Waals surface area contributed by atoms with Crippen molar-refractivity contribution >= 4 is 15.9 Å². The molecule has 0 saturated carbocycles. The summed E-state index contributed by atoms with van der Waals surface area (Å²) in [6.45, 7) is 5.29. The maximum atomic E-state index is 12.9. The number of ether oxygens (including phenoxy) is 1. The molecule has 1 saturated heterocycles. The number of nitrogens with zero attached hydrogens (tertiary/aromatic N) is 3. The highest BCUT2D eigenvalue weighted by Crippen LogP contribution is 2.16. The Bertz CT molecular complexity index is 984. The van der Waals surface area contributed by atoms with E-state index in [9.17, 15) is 13.2 Å². The van der Waals surface area contributed by atoms with Crippen molar-refractivity contribution in [2.75, 3.05) is 46.1 Å². The molecule has 0 aromatic heterocycles. The van der Waals surface area contributed by atoms with Gasteiger partial charge in [0, 0.05) is 51.9 Å². The Morgan fingerprint density at radius 2 is 1.71 bits per heavy atom. The summed E-state index contributed by atoms with van der Waals surface area (Å²) < 4.78 is 30.8. The zero-order valence-electron chi connectivity index (χ0n) is 18.5. The minimum Gasteiger partial charge on any atom is -0.497 e. The van der Waals surface area contributed by atoms with Gasteiger partial charge in [0.1, 0.15) is 5.75 Å². The Labute approximate surface area is 185 Å². The Morgan fingerprint density at radius 3 is 2.32 bits per heavy atom. The Hall–Kier alpha value is -2.42. The number of carbonyl (C=O) groups is 1. The highest BCUT2D eigenvalue weighted by atomic mass is 32.2. The van der Waals surface area contributed by atoms with Gasteiger partial charge in [-0.2, -0.15) is 4.31 Å². The van der Waals surface area contributed by atoms with Crippen LogP contribution in [0.4, 0.5) is 0 Å². The van der Waals surface area contributed by atoms with Crippen LogP contribution in [0.3, 0.4) is 0 Å². The molecule has 1 fully saturated rings. The third kappa shape index (κ3) is 6.06. The topological polar surface area (TPSA) is 70.2 Å². The second-order valence-corrected chi connectivity index (χ2v) is 10.0. The van der Waals surface area contributed by atoms with Crippen LogP contribution in [0.15, 0.2) is 48.5 Å². The fourth-order valence-corrected chi connectivity index (χ4v) is 4.79. The summed E-state index contributed by atoms with van der Waals surface area (Å²) in [5, 5.41) is 0. The Balaban J connectivity index is 1.58. The van der Waals surface area contributed by atoms with Crippen LogP contribution in [0.5, 0.6) is 5.75 Å². The summed E-state index contributed by atoms with van der Waals surface area (Å²) >= 11 is 0. The van der Waals surface area contributed by atoms with E-state index in [1.54, 1.807) is 30.3 Å². The van der Waals surface area contributed by atoms with E-state index in [1.165, 1.54) is 0 Å². The SMILES string of the molecule is CCS(=O)(=O)N1CCN(Cc2cccc(C(=O)N(C)Cc3ccc(OC)cc3)c2)CC1. The third-order valence-electron chi connectivity index (χ3n) is 5.60. The number of piperazine rings is 1. The van der Waals surface area contributed by atoms with Crippen LogP contribution in [0, 0.1) is 0 Å². The first kappa shape index (κ1) is 23.2. The first-order valence-electron chi connectivity index (χ1n) is 10.5. The Morgan fingerprint density at radius 1 is 1.03 bits per heavy atom. The largest absolute Gasteiger partial charge is 0.497 e. The van der Waals surface area contributed by atoms with Gasteiger partial charge in [-0.3, -0.25) is 9.69 Å². The highest BCUT2D eigenvalue weighted by Gasteiger charge is 2.25. The molecule has 0 N–H and O–H groups in total. The second kappa shape index (κ2) is 10.3. The van der Waals surface area contributed by atoms with Crippen LogP contribution in [-0.2, 0) is 23.1 Å². The van der Waals surface area contributed by atoms with E-state index in [0.29, 0.717) is 44.8 Å². The van der Waals surface area contributed by atoms with Crippen molar-refractivity contribution in [3.63, 3.8) is 0 Å². The number of methoxy groups -OCH3 is 1. The summed E-state index contributed by atoms with van der Waals surface area (Å²) in [6.07, 6.45) is 0. The zero-order valence-corrected chi connectivity index (χ0v) is 19.3. The van der Waals surface area contributed by atoms with Crippen LogP contribution >= 0.6 is 0 Å². The lowest BCUT2D eigenvalue weighted by atomic mass is 10.1. The van der Waals surface area contributed by atoms with Crippen molar-refractivity contribution in [1.29, 1.82) is 0 Å². The van der Waals surface area contributed by atoms with Gasteiger partial charge < -0.3 is 9.64 Å². The van der Waals surface area contributed by atoms with Crippen LogP contribution in [0.1, 0.15) is 28.4 Å². The summed E-state index contributed by atoms with van der Waals surface area (Å²) in [5.41, 5.74) is 2.74. The predicted molar refractivity (Wildman–Crippen MR) is 122 cm³/mol. The first-order chi connectivity index (χ1) is 14.8. The van der Waals surface area contributed by atoms with Crippen LogP contribution < -0.4 is 4.74 Å². The summed E-state index contributed by atoms with van der Waals surface area (Å²) in [7, 11) is 0.302. The molecule has 0 unspecified atom stereocenters. The molecule has 3 rings (SSSR count). The van der Waals surface area contributed by atoms with E-state index in [1.807, 2.05) is 48.5 Å². The molecule has 1 amide bonds. The van der Waals surface area contributed by atoms with Crippen molar-refractivity contribution in [3.05, 3.63) is 65.2 Å². The molecule has 0 radical (unpaired) electrons. The fourth-order valence-electron chi connectivity index (χ4n) is 3.71. The smallest absolute Gasteiger partial charge is 0.253 e. The summed E-state index contributed by atoms with van der Waals surface area (Å²) in [5.74, 6) is 0.899. The van der Waals surface area contributed by atoms with E-state index in [2.05, 4.69) is 4.90 Å². The minimum absolute atomic E-state index is 0.0310. The van der Waals surface area contributed by atoms with Crippen molar-refractivity contribution in [3.8, 4) is 5.75 Å². The molecule has 1 aliphatic rings. The van der Waals surface area contributed by atoms with Crippen molar-refractivity contribution < 1.29 is 17.9 Å². The maximum Gasteiger partial charge on any atom is 0.253 e. The minimum atomic E-state index is -3.13. The zero-order chi connectivity index (χ0) is 22.4. The average molecular weight is 446 g/mol. The molecular weight excluding hydrogens is 414 g/mol. The Kier molecular flexibility index (Phi) is 7.69. The first-order valence-corrected chi connectivity index (χ1v) is 12.1. The molecule has 0 aliphatic carbocycles. The van der Waals surface area contributed by atoms with E-state index in [-0.39, 0.29) is 11.7 Å². The molecule has 31 heavy (non-hydrogen) atoms. The molecule has 0 bridgehead atoms. The van der Waals surface area contributed by atoms with Gasteiger partial charge in [0.2, 0.25) is 10.0 Å². The standard InChI is InChI=1S/C23H31N3O4S/c1-4-31(28,29)26-14-12-25(13-15-26)18-20-6-5-7-21(16-20)23(27)24(2)17-19-8-10-22(30-3)11-9-19/h5-11,16H,4,12-15,17-18H2,1-3H3. The van der Waals surface area contributed by atoms with Gasteiger partial charge in [0.25, 0.3) is 5.91 Å². The van der Waals surface area contributed by atoms with Crippen molar-refractivity contribution in [1.82, 2.24) is 14.1 Å². The predicted octanol–water partition coefficient (Wildman–Crippen LogP) is 2.43. The van der Waals surface area contributed by atoms with Gasteiger partial charge >= 0.3 is 0 Å². The van der Waals surface area contributed by atoms with Gasteiger partial charge in [-0.15, -0.1) is 0 Å². The van der Waals surface area contributed by atoms with E-state index in [0.717, 1.165) is 16.9 Å². The normalized spacial score (nSPS) is 15.6. The number of sulfonamides is 1. The highest BCUT2D eigenvalue weighted by molar-refractivity contribution is 7.89. The molecule has 0 atom stereocenters. The maximum absolute atomic E-state index is 12.9.